The van der Waals surface area contributed by atoms with Crippen molar-refractivity contribution < 1.29 is 74.8 Å². The largest absolute Gasteiger partial charge is 0.481 e. The van der Waals surface area contributed by atoms with Gasteiger partial charge in [0, 0.05) is 5.41 Å². The molecule has 6 fully saturated rings. The molecule has 15 nitrogen and oxygen atoms in total. The number of carboxylic acids is 1. The fraction of sp³-hybridized carbons (Fsp3) is 0.929. The van der Waals surface area contributed by atoms with Crippen molar-refractivity contribution in [1.82, 2.24) is 0 Å². The Morgan fingerprint density at radius 1 is 0.737 bits per heavy atom. The van der Waals surface area contributed by atoms with Gasteiger partial charge in [-0.05, 0) is 97.2 Å². The number of carbonyl (C=O) groups is 1. The molecule has 0 radical (unpaired) electrons. The number of aliphatic carboxylic acids is 1. The maximum atomic E-state index is 13.7. The number of aliphatic hydroxyl groups is 9. The molecule has 15 heteroatoms. The maximum absolute atomic E-state index is 13.7. The van der Waals surface area contributed by atoms with E-state index in [-0.39, 0.29) is 47.0 Å². The molecule has 2 heterocycles. The number of allylic oxidation sites excluding steroid dienone is 2. The minimum atomic E-state index is -1.83. The smallest absolute Gasteiger partial charge is 0.310 e. The van der Waals surface area contributed by atoms with E-state index in [9.17, 15) is 55.9 Å². The zero-order chi connectivity index (χ0) is 41.8. The van der Waals surface area contributed by atoms with Crippen LogP contribution in [0.4, 0.5) is 0 Å². The van der Waals surface area contributed by atoms with E-state index in [1.54, 1.807) is 0 Å². The molecule has 0 spiro atoms. The predicted octanol–water partition coefficient (Wildman–Crippen LogP) is 0.825. The predicted molar refractivity (Wildman–Crippen MR) is 201 cm³/mol. The molecule has 0 amide bonds. The third-order valence-corrected chi connectivity index (χ3v) is 17.6. The van der Waals surface area contributed by atoms with Crippen molar-refractivity contribution in [2.45, 2.75) is 173 Å². The highest BCUT2D eigenvalue weighted by molar-refractivity contribution is 5.77. The zero-order valence-corrected chi connectivity index (χ0v) is 34.2. The van der Waals surface area contributed by atoms with Gasteiger partial charge in [-0.15, -0.1) is 0 Å². The van der Waals surface area contributed by atoms with Gasteiger partial charge in [-0.3, -0.25) is 4.79 Å². The van der Waals surface area contributed by atoms with Gasteiger partial charge in [-0.2, -0.15) is 0 Å². The minimum absolute atomic E-state index is 0.0650. The highest BCUT2D eigenvalue weighted by atomic mass is 16.8. The Morgan fingerprint density at radius 3 is 1.98 bits per heavy atom. The van der Waals surface area contributed by atoms with Crippen LogP contribution in [0.5, 0.6) is 0 Å². The first-order chi connectivity index (χ1) is 26.6. The topological polar surface area (TPSA) is 256 Å². The summed E-state index contributed by atoms with van der Waals surface area (Å²) in [4.78, 5) is 13.7. The molecule has 1 unspecified atom stereocenters. The Morgan fingerprint density at radius 2 is 1.37 bits per heavy atom. The molecular weight excluding hydrogens is 744 g/mol. The van der Waals surface area contributed by atoms with Crippen LogP contribution in [0.1, 0.15) is 99.3 Å². The Labute approximate surface area is 335 Å². The van der Waals surface area contributed by atoms with Crippen LogP contribution in [-0.2, 0) is 23.7 Å². The molecule has 20 atom stereocenters. The van der Waals surface area contributed by atoms with Crippen LogP contribution in [0.3, 0.4) is 0 Å². The summed E-state index contributed by atoms with van der Waals surface area (Å²) in [5.41, 5.74) is -1.84. The summed E-state index contributed by atoms with van der Waals surface area (Å²) in [5, 5.41) is 106. The lowest BCUT2D eigenvalue weighted by molar-refractivity contribution is -0.377. The molecular formula is C42H68O15. The van der Waals surface area contributed by atoms with Gasteiger partial charge in [0.05, 0.1) is 37.4 Å². The van der Waals surface area contributed by atoms with E-state index in [1.807, 2.05) is 20.8 Å². The summed E-state index contributed by atoms with van der Waals surface area (Å²) in [6.45, 7) is 11.7. The molecule has 326 valence electrons. The molecule has 2 saturated heterocycles. The van der Waals surface area contributed by atoms with Crippen molar-refractivity contribution >= 4 is 5.97 Å². The summed E-state index contributed by atoms with van der Waals surface area (Å²) in [6.07, 6.45) is -9.42. The average molecular weight is 813 g/mol. The number of hydrogen-bond donors (Lipinski definition) is 10. The van der Waals surface area contributed by atoms with E-state index < -0.39 is 109 Å². The number of fused-ring (bicyclic) bond motifs is 7. The minimum Gasteiger partial charge on any atom is -0.481 e. The van der Waals surface area contributed by atoms with Crippen molar-refractivity contribution in [1.29, 1.82) is 0 Å². The fourth-order valence-electron chi connectivity index (χ4n) is 13.7. The lowest BCUT2D eigenvalue weighted by Crippen LogP contribution is -2.67. The van der Waals surface area contributed by atoms with Gasteiger partial charge in [0.2, 0.25) is 0 Å². The van der Waals surface area contributed by atoms with Crippen molar-refractivity contribution in [2.24, 2.45) is 50.2 Å². The average Bonchev–Trinajstić information content (AvgIpc) is 3.16. The first-order valence-corrected chi connectivity index (χ1v) is 21.1. The molecule has 10 N–H and O–H groups in total. The zero-order valence-electron chi connectivity index (χ0n) is 34.2. The molecule has 4 saturated carbocycles. The lowest BCUT2D eigenvalue weighted by Gasteiger charge is -2.71. The summed E-state index contributed by atoms with van der Waals surface area (Å²) >= 11 is 0. The molecule has 7 aliphatic rings. The van der Waals surface area contributed by atoms with Crippen LogP contribution in [-0.4, -0.2) is 150 Å². The van der Waals surface area contributed by atoms with Crippen molar-refractivity contribution in [3.05, 3.63) is 11.6 Å². The van der Waals surface area contributed by atoms with Gasteiger partial charge < -0.3 is 70.0 Å². The summed E-state index contributed by atoms with van der Waals surface area (Å²) in [6, 6.07) is 0. The Balaban J connectivity index is 1.19. The Bertz CT molecular complexity index is 1540. The normalized spacial score (nSPS) is 54.7. The van der Waals surface area contributed by atoms with Gasteiger partial charge in [0.15, 0.2) is 12.6 Å². The van der Waals surface area contributed by atoms with Crippen molar-refractivity contribution in [3.63, 3.8) is 0 Å². The van der Waals surface area contributed by atoms with Crippen LogP contribution in [0.2, 0.25) is 0 Å². The van der Waals surface area contributed by atoms with Gasteiger partial charge in [-0.25, -0.2) is 0 Å². The van der Waals surface area contributed by atoms with Gasteiger partial charge in [0.1, 0.15) is 48.8 Å². The van der Waals surface area contributed by atoms with Crippen LogP contribution >= 0.6 is 0 Å². The monoisotopic (exact) mass is 812 g/mol. The molecule has 0 bridgehead atoms. The van der Waals surface area contributed by atoms with E-state index >= 15 is 0 Å². The summed E-state index contributed by atoms with van der Waals surface area (Å²) in [7, 11) is 0. The number of rotatable bonds is 8. The Hall–Kier alpha value is -1.31. The number of ether oxygens (including phenoxy) is 4. The second kappa shape index (κ2) is 14.9. The molecule has 0 aromatic rings. The summed E-state index contributed by atoms with van der Waals surface area (Å²) in [5.74, 6) is -0.797. The molecule has 2 aliphatic heterocycles. The third kappa shape index (κ3) is 6.35. The van der Waals surface area contributed by atoms with Crippen molar-refractivity contribution in [3.8, 4) is 0 Å². The van der Waals surface area contributed by atoms with E-state index in [0.717, 1.165) is 25.7 Å². The van der Waals surface area contributed by atoms with Crippen molar-refractivity contribution in [2.75, 3.05) is 19.8 Å². The number of hydrogen-bond acceptors (Lipinski definition) is 14. The van der Waals surface area contributed by atoms with E-state index in [4.69, 9.17) is 18.9 Å². The molecule has 7 rings (SSSR count). The van der Waals surface area contributed by atoms with E-state index in [0.29, 0.717) is 25.7 Å². The highest BCUT2D eigenvalue weighted by Crippen LogP contribution is 2.76. The highest BCUT2D eigenvalue weighted by Gasteiger charge is 2.70. The first kappa shape index (κ1) is 43.8. The molecule has 57 heavy (non-hydrogen) atoms. The second-order valence-corrected chi connectivity index (χ2v) is 20.6. The number of aliphatic hydroxyl groups excluding tert-OH is 9. The lowest BCUT2D eigenvalue weighted by atomic mass is 9.33. The standard InChI is InChI=1S/C42H68O15/c1-37(2)15-21-20-7-8-25-38(3)11-10-26(46)39(4,19-45)24(38)9-12-41(25,6)40(20,5)13-14-42(21,36(52)53)16-27(37)56-35-33(31(50)29(48)23(18-44)55-35)57-34-32(51)30(49)28(47)22(17-43)54-34/h7,21-35,43-51H,8-19H2,1-6H3,(H,52,53)/t21-,22-,23-,24?,25+,26-,27-,28-,29-,30+,31+,32-,33-,34+,35+,38+,39-,40-,41-,42-/m1/s1. The second-order valence-electron chi connectivity index (χ2n) is 20.6. The van der Waals surface area contributed by atoms with Crippen LogP contribution in [0.15, 0.2) is 11.6 Å². The molecule has 5 aliphatic carbocycles. The van der Waals surface area contributed by atoms with E-state index in [1.165, 1.54) is 5.57 Å². The summed E-state index contributed by atoms with van der Waals surface area (Å²) < 4.78 is 24.1. The third-order valence-electron chi connectivity index (χ3n) is 17.6. The maximum Gasteiger partial charge on any atom is 0.310 e. The fourth-order valence-corrected chi connectivity index (χ4v) is 13.7. The first-order valence-electron chi connectivity index (χ1n) is 21.1. The number of carboxylic acid groups (broad SMARTS) is 1. The molecule has 0 aromatic carbocycles. The van der Waals surface area contributed by atoms with Gasteiger partial charge in [-0.1, -0.05) is 53.2 Å². The quantitative estimate of drug-likeness (QED) is 0.120. The van der Waals surface area contributed by atoms with E-state index in [2.05, 4.69) is 26.8 Å². The molecule has 0 aromatic heterocycles. The van der Waals surface area contributed by atoms with Gasteiger partial charge in [0.25, 0.3) is 0 Å². The van der Waals surface area contributed by atoms with Crippen LogP contribution in [0, 0.1) is 50.2 Å². The van der Waals surface area contributed by atoms with Crippen LogP contribution < -0.4 is 0 Å². The SMILES string of the molecule is CC1(C)C[C@@H]2C3=CC[C@H]4[C@@]5(C)CC[C@@H](O)[C@](C)(CO)C5CC[C@@]4(C)[C@]3(C)CC[C@@]2(C(=O)O)C[C@H]1O[C@@H]1O[C@H](CO)[C@@H](O)[C@H](O)[C@H]1O[C@@H]1O[C@H](CO)[C@@H](O)[C@H](O)[C@H]1O. The van der Waals surface area contributed by atoms with Gasteiger partial charge >= 0.3 is 5.97 Å². The Kier molecular flexibility index (Phi) is 11.5. The van der Waals surface area contributed by atoms with Crippen LogP contribution in [0.25, 0.3) is 0 Å².